The fourth-order valence-electron chi connectivity index (χ4n) is 3.41. The van der Waals surface area contributed by atoms with Crippen LogP contribution < -0.4 is 20.3 Å². The van der Waals surface area contributed by atoms with E-state index in [1.807, 2.05) is 0 Å². The Kier molecular flexibility index (Phi) is 7.70. The van der Waals surface area contributed by atoms with Crippen molar-refractivity contribution in [1.82, 2.24) is 5.32 Å². The Labute approximate surface area is 224 Å². The van der Waals surface area contributed by atoms with Crippen molar-refractivity contribution in [1.29, 1.82) is 0 Å². The lowest BCUT2D eigenvalue weighted by Crippen LogP contribution is -2.54. The van der Waals surface area contributed by atoms with Crippen molar-refractivity contribution in [2.24, 2.45) is 0 Å². The lowest BCUT2D eigenvalue weighted by atomic mass is 10.1. The summed E-state index contributed by atoms with van der Waals surface area (Å²) in [6, 6.07) is 14.4. The molecule has 3 aromatic rings. The van der Waals surface area contributed by atoms with E-state index in [4.69, 9.17) is 27.9 Å². The summed E-state index contributed by atoms with van der Waals surface area (Å²) >= 11 is 11.9. The molecule has 0 saturated carbocycles. The van der Waals surface area contributed by atoms with Gasteiger partial charge in [0, 0.05) is 33.4 Å². The molecule has 1 aliphatic heterocycles. The molecule has 3 aromatic carbocycles. The number of rotatable bonds is 7. The maximum absolute atomic E-state index is 13.2. The maximum Gasteiger partial charge on any atom is 0.335 e. The van der Waals surface area contributed by atoms with E-state index in [-0.39, 0.29) is 27.7 Å². The Morgan fingerprint density at radius 3 is 2.32 bits per heavy atom. The van der Waals surface area contributed by atoms with Gasteiger partial charge in [-0.3, -0.25) is 29.8 Å². The number of carbonyl (C=O) groups excluding carboxylic acids is 4. The molecule has 5 amide bonds. The fourth-order valence-corrected chi connectivity index (χ4v) is 3.71. The first-order valence-electron chi connectivity index (χ1n) is 10.8. The van der Waals surface area contributed by atoms with Crippen LogP contribution in [0.25, 0.3) is 6.08 Å². The lowest BCUT2D eigenvalue weighted by molar-refractivity contribution is -0.384. The Morgan fingerprint density at radius 2 is 1.66 bits per heavy atom. The van der Waals surface area contributed by atoms with Gasteiger partial charge in [-0.25, -0.2) is 9.69 Å². The number of nitrogens with one attached hydrogen (secondary N) is 2. The Morgan fingerprint density at radius 1 is 1.00 bits per heavy atom. The second-order valence-electron chi connectivity index (χ2n) is 7.76. The quantitative estimate of drug-likeness (QED) is 0.188. The number of nitro benzene ring substituents is 1. The molecular formula is C25H16Cl2N4O7. The number of ether oxygens (including phenoxy) is 1. The van der Waals surface area contributed by atoms with Crippen LogP contribution in [0.1, 0.15) is 5.56 Å². The van der Waals surface area contributed by atoms with Gasteiger partial charge in [-0.2, -0.15) is 0 Å². The molecule has 0 atom stereocenters. The van der Waals surface area contributed by atoms with Crippen LogP contribution in [0.2, 0.25) is 10.0 Å². The first-order chi connectivity index (χ1) is 18.1. The molecule has 4 rings (SSSR count). The Bertz CT molecular complexity index is 1490. The molecule has 0 aromatic heterocycles. The highest BCUT2D eigenvalue weighted by Gasteiger charge is 2.37. The van der Waals surface area contributed by atoms with Gasteiger partial charge < -0.3 is 10.1 Å². The molecule has 1 fully saturated rings. The molecule has 38 heavy (non-hydrogen) atoms. The van der Waals surface area contributed by atoms with Crippen molar-refractivity contribution in [3.8, 4) is 5.75 Å². The number of amides is 5. The predicted molar refractivity (Wildman–Crippen MR) is 139 cm³/mol. The molecule has 0 radical (unpaired) electrons. The number of carbonyl (C=O) groups is 4. The van der Waals surface area contributed by atoms with Crippen molar-refractivity contribution < 1.29 is 28.8 Å². The van der Waals surface area contributed by atoms with E-state index in [1.165, 1.54) is 36.4 Å². The number of halogens is 2. The van der Waals surface area contributed by atoms with E-state index in [9.17, 15) is 29.3 Å². The normalized spacial score (nSPS) is 14.3. The maximum atomic E-state index is 13.2. The first-order valence-corrected chi connectivity index (χ1v) is 11.5. The van der Waals surface area contributed by atoms with Gasteiger partial charge in [0.1, 0.15) is 11.3 Å². The molecule has 2 N–H and O–H groups in total. The molecular weight excluding hydrogens is 539 g/mol. The van der Waals surface area contributed by atoms with Gasteiger partial charge in [-0.05, 0) is 60.7 Å². The summed E-state index contributed by atoms with van der Waals surface area (Å²) in [4.78, 5) is 61.4. The van der Waals surface area contributed by atoms with Crippen LogP contribution in [0, 0.1) is 10.1 Å². The highest BCUT2D eigenvalue weighted by molar-refractivity contribution is 6.39. The topological polar surface area (TPSA) is 148 Å². The molecule has 0 unspecified atom stereocenters. The second-order valence-corrected chi connectivity index (χ2v) is 8.63. The minimum Gasteiger partial charge on any atom is -0.483 e. The average molecular weight is 555 g/mol. The van der Waals surface area contributed by atoms with Crippen LogP contribution in [-0.2, 0) is 14.4 Å². The van der Waals surface area contributed by atoms with E-state index in [0.29, 0.717) is 15.6 Å². The summed E-state index contributed by atoms with van der Waals surface area (Å²) in [6.07, 6.45) is 1.17. The van der Waals surface area contributed by atoms with E-state index < -0.39 is 40.9 Å². The summed E-state index contributed by atoms with van der Waals surface area (Å²) in [5, 5.41) is 16.4. The lowest BCUT2D eigenvalue weighted by Gasteiger charge is -2.26. The predicted octanol–water partition coefficient (Wildman–Crippen LogP) is 4.59. The van der Waals surface area contributed by atoms with Crippen LogP contribution in [0.15, 0.2) is 72.3 Å². The molecule has 1 saturated heterocycles. The van der Waals surface area contributed by atoms with Gasteiger partial charge >= 0.3 is 6.03 Å². The van der Waals surface area contributed by atoms with E-state index in [0.717, 1.165) is 12.1 Å². The SMILES string of the molecule is O=C(COc1ccc(Cl)cc1/C=C1\C(=O)NC(=O)N(c2ccc([N+](=O)[O-])cc2)C1=O)Nc1ccc(Cl)cc1. The van der Waals surface area contributed by atoms with Gasteiger partial charge in [-0.15, -0.1) is 0 Å². The van der Waals surface area contributed by atoms with Crippen molar-refractivity contribution in [2.75, 3.05) is 16.8 Å². The van der Waals surface area contributed by atoms with Gasteiger partial charge in [-0.1, -0.05) is 23.2 Å². The zero-order chi connectivity index (χ0) is 27.4. The van der Waals surface area contributed by atoms with Crippen molar-refractivity contribution >= 4 is 70.1 Å². The smallest absolute Gasteiger partial charge is 0.335 e. The van der Waals surface area contributed by atoms with Crippen LogP contribution in [0.4, 0.5) is 21.9 Å². The second kappa shape index (κ2) is 11.1. The van der Waals surface area contributed by atoms with Crippen LogP contribution in [0.5, 0.6) is 5.75 Å². The third kappa shape index (κ3) is 5.97. The largest absolute Gasteiger partial charge is 0.483 e. The van der Waals surface area contributed by atoms with Crippen LogP contribution in [-0.4, -0.2) is 35.3 Å². The number of nitro groups is 1. The summed E-state index contributed by atoms with van der Waals surface area (Å²) in [6.45, 7) is -0.409. The monoisotopic (exact) mass is 554 g/mol. The van der Waals surface area contributed by atoms with Crippen LogP contribution >= 0.6 is 23.2 Å². The molecule has 0 aliphatic carbocycles. The molecule has 1 aliphatic rings. The number of imide groups is 2. The number of nitrogens with zero attached hydrogens (tertiary/aromatic N) is 2. The zero-order valence-electron chi connectivity index (χ0n) is 19.1. The van der Waals surface area contributed by atoms with E-state index in [1.54, 1.807) is 24.3 Å². The molecule has 1 heterocycles. The number of barbiturate groups is 1. The van der Waals surface area contributed by atoms with Gasteiger partial charge in [0.15, 0.2) is 6.61 Å². The summed E-state index contributed by atoms with van der Waals surface area (Å²) in [5.74, 6) is -2.29. The summed E-state index contributed by atoms with van der Waals surface area (Å²) in [7, 11) is 0. The third-order valence-corrected chi connectivity index (χ3v) is 5.67. The molecule has 0 spiro atoms. The standard InChI is InChI=1S/C25H16Cl2N4O7/c26-15-1-4-17(5-2-15)28-22(32)13-38-21-10-3-16(27)11-14(21)12-20-23(33)29-25(35)30(24(20)34)18-6-8-19(9-7-18)31(36)37/h1-12H,13H2,(H,28,32)(H,29,33,35)/b20-12+. The van der Waals surface area contributed by atoms with Crippen LogP contribution in [0.3, 0.4) is 0 Å². The van der Waals surface area contributed by atoms with E-state index >= 15 is 0 Å². The number of hydrogen-bond donors (Lipinski definition) is 2. The average Bonchev–Trinajstić information content (AvgIpc) is 2.87. The molecule has 11 nitrogen and oxygen atoms in total. The number of hydrogen-bond acceptors (Lipinski definition) is 7. The number of urea groups is 1. The highest BCUT2D eigenvalue weighted by Crippen LogP contribution is 2.28. The van der Waals surface area contributed by atoms with Crippen molar-refractivity contribution in [3.63, 3.8) is 0 Å². The van der Waals surface area contributed by atoms with Crippen molar-refractivity contribution in [3.05, 3.63) is 98.0 Å². The van der Waals surface area contributed by atoms with Crippen molar-refractivity contribution in [2.45, 2.75) is 0 Å². The number of benzene rings is 3. The van der Waals surface area contributed by atoms with E-state index in [2.05, 4.69) is 10.6 Å². The highest BCUT2D eigenvalue weighted by atomic mass is 35.5. The number of anilines is 2. The Balaban J connectivity index is 1.57. The number of non-ortho nitro benzene ring substituents is 1. The first kappa shape index (κ1) is 26.3. The molecule has 13 heteroatoms. The van der Waals surface area contributed by atoms with Gasteiger partial charge in [0.05, 0.1) is 10.6 Å². The summed E-state index contributed by atoms with van der Waals surface area (Å²) in [5.41, 5.74) is 0.0279. The fraction of sp³-hybridized carbons (Fsp3) is 0.0400. The molecule has 0 bridgehead atoms. The zero-order valence-corrected chi connectivity index (χ0v) is 20.7. The van der Waals surface area contributed by atoms with Gasteiger partial charge in [0.2, 0.25) is 0 Å². The summed E-state index contributed by atoms with van der Waals surface area (Å²) < 4.78 is 5.60. The molecule has 192 valence electrons. The third-order valence-electron chi connectivity index (χ3n) is 5.18. The van der Waals surface area contributed by atoms with Gasteiger partial charge in [0.25, 0.3) is 23.4 Å². The minimum atomic E-state index is -1.02. The Hall–Kier alpha value is -4.74. The minimum absolute atomic E-state index is 0.0120.